The predicted molar refractivity (Wildman–Crippen MR) is 152 cm³/mol. The average Bonchev–Trinajstić information content (AvgIpc) is 2.89. The molecule has 35 heavy (non-hydrogen) atoms. The van der Waals surface area contributed by atoms with Crippen LogP contribution < -0.4 is 11.2 Å². The number of carbonyl (C=O) groups is 1. The van der Waals surface area contributed by atoms with Crippen molar-refractivity contribution in [3.05, 3.63) is 59.9 Å². The molecule has 0 atom stereocenters. The maximum Gasteiger partial charge on any atom is 0.232 e. The van der Waals surface area contributed by atoms with Gasteiger partial charge in [0.05, 0.1) is 12.2 Å². The fraction of sp³-hybridized carbons (Fsp3) is 0.571. The Hall–Kier alpha value is -2.25. The number of amides is 1. The van der Waals surface area contributed by atoms with Crippen molar-refractivity contribution in [2.24, 2.45) is 16.3 Å². The van der Waals surface area contributed by atoms with Crippen LogP contribution in [-0.4, -0.2) is 42.2 Å². The summed E-state index contributed by atoms with van der Waals surface area (Å²) in [5.41, 5.74) is 13.9. The smallest absolute Gasteiger partial charge is 0.232 e. The van der Waals surface area contributed by atoms with Gasteiger partial charge in [0.25, 0.3) is 0 Å². The van der Waals surface area contributed by atoms with E-state index < -0.39 is 0 Å². The summed E-state index contributed by atoms with van der Waals surface area (Å²) in [6.07, 6.45) is 13.7. The second-order valence-electron chi connectivity index (χ2n) is 9.78. The summed E-state index contributed by atoms with van der Waals surface area (Å²) < 4.78 is 6.94. The van der Waals surface area contributed by atoms with Gasteiger partial charge in [-0.25, -0.2) is 0 Å². The van der Waals surface area contributed by atoms with E-state index in [-0.39, 0.29) is 11.3 Å². The van der Waals surface area contributed by atoms with Crippen LogP contribution in [0.2, 0.25) is 0 Å². The van der Waals surface area contributed by atoms with E-state index in [9.17, 15) is 4.79 Å². The first-order chi connectivity index (χ1) is 16.6. The molecule has 0 aromatic heterocycles. The van der Waals surface area contributed by atoms with E-state index in [1.807, 2.05) is 25.2 Å². The Bertz CT molecular complexity index is 840. The van der Waals surface area contributed by atoms with Crippen LogP contribution >= 0.6 is 12.8 Å². The van der Waals surface area contributed by atoms with Crippen LogP contribution in [0.5, 0.6) is 0 Å². The van der Waals surface area contributed by atoms with Crippen molar-refractivity contribution in [1.29, 1.82) is 0 Å². The molecule has 0 aromatic carbocycles. The zero-order valence-corrected chi connectivity index (χ0v) is 23.1. The quantitative estimate of drug-likeness (QED) is 0.167. The van der Waals surface area contributed by atoms with Crippen molar-refractivity contribution in [1.82, 2.24) is 9.73 Å². The number of nitrogens with one attached hydrogen (secondary N) is 1. The molecule has 0 spiro atoms. The molecule has 1 aliphatic rings. The highest BCUT2D eigenvalue weighted by Gasteiger charge is 2.21. The molecule has 7 heteroatoms. The van der Waals surface area contributed by atoms with Crippen molar-refractivity contribution >= 4 is 24.4 Å². The van der Waals surface area contributed by atoms with Gasteiger partial charge in [0.2, 0.25) is 5.91 Å². The second-order valence-corrected chi connectivity index (χ2v) is 10.3. The van der Waals surface area contributed by atoms with E-state index in [0.29, 0.717) is 37.4 Å². The van der Waals surface area contributed by atoms with Crippen molar-refractivity contribution < 1.29 is 9.53 Å². The summed E-state index contributed by atoms with van der Waals surface area (Å²) in [6, 6.07) is 0. The van der Waals surface area contributed by atoms with Gasteiger partial charge < -0.3 is 15.9 Å². The van der Waals surface area contributed by atoms with Gasteiger partial charge in [0.15, 0.2) is 0 Å². The first kappa shape index (κ1) is 30.8. The summed E-state index contributed by atoms with van der Waals surface area (Å²) in [7, 11) is 0. The molecule has 0 saturated carbocycles. The molecule has 3 N–H and O–H groups in total. The van der Waals surface area contributed by atoms with Gasteiger partial charge in [0, 0.05) is 26.2 Å². The largest absolute Gasteiger partial charge is 0.397 e. The Morgan fingerprint density at radius 2 is 2.03 bits per heavy atom. The monoisotopic (exact) mass is 502 g/mol. The van der Waals surface area contributed by atoms with Crippen LogP contribution in [0.1, 0.15) is 72.6 Å². The lowest BCUT2D eigenvalue weighted by Crippen LogP contribution is -2.21. The minimum Gasteiger partial charge on any atom is -0.397 e. The van der Waals surface area contributed by atoms with Crippen LogP contribution in [0.15, 0.2) is 65.0 Å². The number of rotatable bonds is 13. The molecular weight excluding hydrogens is 456 g/mol. The number of hydrazone groups is 1. The lowest BCUT2D eigenvalue weighted by atomic mass is 9.83. The van der Waals surface area contributed by atoms with Crippen molar-refractivity contribution in [3.8, 4) is 0 Å². The van der Waals surface area contributed by atoms with Gasteiger partial charge in [-0.1, -0.05) is 71.4 Å². The van der Waals surface area contributed by atoms with E-state index in [0.717, 1.165) is 62.0 Å². The van der Waals surface area contributed by atoms with Crippen LogP contribution in [-0.2, 0) is 9.53 Å². The topological polar surface area (TPSA) is 80.0 Å². The number of nitrogens with two attached hydrogens (primary N) is 1. The lowest BCUT2D eigenvalue weighted by molar-refractivity contribution is -0.126. The molecule has 1 heterocycles. The molecule has 0 aliphatic carbocycles. The highest BCUT2D eigenvalue weighted by atomic mass is 32.1. The second kappa shape index (κ2) is 16.4. The van der Waals surface area contributed by atoms with Crippen LogP contribution in [0.4, 0.5) is 0 Å². The Morgan fingerprint density at radius 1 is 1.31 bits per heavy atom. The molecule has 1 aliphatic heterocycles. The Morgan fingerprint density at radius 3 is 2.71 bits per heavy atom. The Balaban J connectivity index is 2.80. The number of thiol groups is 1. The molecule has 6 nitrogen and oxygen atoms in total. The zero-order chi connectivity index (χ0) is 26.3. The minimum absolute atomic E-state index is 0.0247. The van der Waals surface area contributed by atoms with E-state index in [1.165, 1.54) is 4.31 Å². The molecule has 196 valence electrons. The summed E-state index contributed by atoms with van der Waals surface area (Å²) in [5, 5.41) is 4.54. The first-order valence-electron chi connectivity index (χ1n) is 12.6. The number of ether oxygens (including phenoxy) is 1. The standard InChI is InChI=1S/C28H46N4O2S/c1-7-9-19-34-20-11-13-26(33)32(35)18-10-12-24(22(3)8-2)21-25(29)27-23(4)14-15-28(5,6)16-17-30-31-27/h8,10,12,21,30,35H,2,4,7,9,11,13-20,29H2,1,3,5-6H3/b12-10-,24-22+,25-21-,31-27+. The number of carbonyl (C=O) groups excluding carboxylic acids is 1. The molecule has 1 amide bonds. The van der Waals surface area contributed by atoms with E-state index >= 15 is 0 Å². The zero-order valence-electron chi connectivity index (χ0n) is 22.2. The fourth-order valence-corrected chi connectivity index (χ4v) is 3.64. The lowest BCUT2D eigenvalue weighted by Gasteiger charge is -2.23. The summed E-state index contributed by atoms with van der Waals surface area (Å²) in [6.45, 7) is 19.3. The van der Waals surface area contributed by atoms with E-state index in [2.05, 4.69) is 57.3 Å². The summed E-state index contributed by atoms with van der Waals surface area (Å²) in [5.74, 6) is -0.0247. The molecule has 0 unspecified atom stereocenters. The van der Waals surface area contributed by atoms with Crippen LogP contribution in [0.25, 0.3) is 0 Å². The number of nitrogens with zero attached hydrogens (tertiary/aromatic N) is 2. The van der Waals surface area contributed by atoms with Crippen molar-refractivity contribution in [3.63, 3.8) is 0 Å². The maximum absolute atomic E-state index is 12.3. The predicted octanol–water partition coefficient (Wildman–Crippen LogP) is 5.87. The maximum atomic E-state index is 12.3. The summed E-state index contributed by atoms with van der Waals surface area (Å²) >= 11 is 4.35. The molecule has 1 rings (SSSR count). The average molecular weight is 503 g/mol. The highest BCUT2D eigenvalue weighted by Crippen LogP contribution is 2.29. The van der Waals surface area contributed by atoms with Crippen LogP contribution in [0, 0.1) is 5.41 Å². The fourth-order valence-electron chi connectivity index (χ4n) is 3.44. The molecular formula is C28H46N4O2S. The number of hydrogen-bond acceptors (Lipinski definition) is 6. The van der Waals surface area contributed by atoms with Gasteiger partial charge in [-0.3, -0.25) is 9.10 Å². The Kier molecular flexibility index (Phi) is 14.4. The van der Waals surface area contributed by atoms with Crippen LogP contribution in [0.3, 0.4) is 0 Å². The molecule has 0 fully saturated rings. The van der Waals surface area contributed by atoms with Gasteiger partial charge in [0.1, 0.15) is 5.71 Å². The minimum atomic E-state index is -0.0247. The summed E-state index contributed by atoms with van der Waals surface area (Å²) in [4.78, 5) is 12.3. The number of unbranched alkanes of at least 4 members (excludes halogenated alkanes) is 1. The van der Waals surface area contributed by atoms with Crippen molar-refractivity contribution in [2.45, 2.75) is 72.6 Å². The normalized spacial score (nSPS) is 19.1. The molecule has 0 radical (unpaired) electrons. The highest BCUT2D eigenvalue weighted by molar-refractivity contribution is 7.78. The van der Waals surface area contributed by atoms with Gasteiger partial charge in [-0.05, 0) is 67.2 Å². The molecule has 0 aromatic rings. The SMILES string of the molecule is C=C/C(C)=C(\C=C/CN(S)C(=O)CCCOCCCC)/C=C(N)/C1=N/NCCC(C)(C)CCC1=C. The van der Waals surface area contributed by atoms with Crippen molar-refractivity contribution in [2.75, 3.05) is 26.3 Å². The molecule has 0 bridgehead atoms. The number of hydrogen-bond donors (Lipinski definition) is 3. The van der Waals surface area contributed by atoms with E-state index in [4.69, 9.17) is 10.5 Å². The first-order valence-corrected chi connectivity index (χ1v) is 13.0. The van der Waals surface area contributed by atoms with E-state index in [1.54, 1.807) is 6.08 Å². The third-order valence-corrected chi connectivity index (χ3v) is 6.46. The molecule has 0 saturated heterocycles. The third-order valence-electron chi connectivity index (χ3n) is 6.07. The third kappa shape index (κ3) is 12.3. The Labute approximate surface area is 218 Å². The van der Waals surface area contributed by atoms with Gasteiger partial charge in [-0.15, -0.1) is 0 Å². The number of allylic oxidation sites excluding steroid dienone is 6. The van der Waals surface area contributed by atoms with Gasteiger partial charge in [-0.2, -0.15) is 5.10 Å². The van der Waals surface area contributed by atoms with Gasteiger partial charge >= 0.3 is 0 Å².